The van der Waals surface area contributed by atoms with Crippen LogP contribution in [0.1, 0.15) is 65.2 Å². The largest absolute Gasteiger partial charge is 0.305 e. The number of likely N-dealkylation sites (tertiary alicyclic amines) is 1. The Labute approximate surface area is 122 Å². The number of nitrogens with one attached hydrogen (secondary N) is 1. The Bertz CT molecular complexity index is 348. The lowest BCUT2D eigenvalue weighted by Crippen LogP contribution is -2.44. The molecule has 1 N–H and O–H groups in total. The summed E-state index contributed by atoms with van der Waals surface area (Å²) in [6.07, 6.45) is 8.20. The Kier molecular flexibility index (Phi) is 5.58. The maximum Gasteiger partial charge on any atom is 0.247 e. The van der Waals surface area contributed by atoms with Crippen molar-refractivity contribution in [3.63, 3.8) is 0 Å². The molecule has 0 spiro atoms. The lowest BCUT2D eigenvalue weighted by atomic mass is 10.1. The molecule has 20 heavy (non-hydrogen) atoms. The van der Waals surface area contributed by atoms with Crippen LogP contribution in [0.2, 0.25) is 0 Å². The van der Waals surface area contributed by atoms with Gasteiger partial charge in [-0.1, -0.05) is 46.0 Å². The van der Waals surface area contributed by atoms with E-state index < -0.39 is 0 Å². The fourth-order valence-electron chi connectivity index (χ4n) is 3.20. The van der Waals surface area contributed by atoms with Gasteiger partial charge in [-0.3, -0.25) is 14.5 Å². The molecule has 0 aromatic carbocycles. The zero-order valence-corrected chi connectivity index (χ0v) is 12.9. The van der Waals surface area contributed by atoms with E-state index in [0.29, 0.717) is 12.3 Å². The molecule has 114 valence electrons. The molecule has 4 heteroatoms. The maximum absolute atomic E-state index is 12.5. The second-order valence-electron chi connectivity index (χ2n) is 6.43. The lowest BCUT2D eigenvalue weighted by molar-refractivity contribution is -0.141. The summed E-state index contributed by atoms with van der Waals surface area (Å²) in [7, 11) is 0. The van der Waals surface area contributed by atoms with Gasteiger partial charge in [0.25, 0.3) is 0 Å². The van der Waals surface area contributed by atoms with E-state index in [4.69, 9.17) is 0 Å². The van der Waals surface area contributed by atoms with Crippen molar-refractivity contribution in [3.05, 3.63) is 0 Å². The van der Waals surface area contributed by atoms with Gasteiger partial charge < -0.3 is 5.32 Å². The van der Waals surface area contributed by atoms with Crippen molar-refractivity contribution in [2.75, 3.05) is 6.54 Å². The summed E-state index contributed by atoms with van der Waals surface area (Å²) in [4.78, 5) is 26.2. The van der Waals surface area contributed by atoms with Crippen LogP contribution in [-0.2, 0) is 9.59 Å². The molecule has 2 aliphatic rings. The molecular weight excluding hydrogens is 252 g/mol. The van der Waals surface area contributed by atoms with Gasteiger partial charge in [0.1, 0.15) is 0 Å². The molecule has 2 amide bonds. The summed E-state index contributed by atoms with van der Waals surface area (Å²) in [5.41, 5.74) is 0. The minimum absolute atomic E-state index is 0.0187. The van der Waals surface area contributed by atoms with E-state index in [9.17, 15) is 9.59 Å². The van der Waals surface area contributed by atoms with Crippen molar-refractivity contribution >= 4 is 11.8 Å². The van der Waals surface area contributed by atoms with E-state index >= 15 is 0 Å². The molecule has 1 heterocycles. The molecule has 1 saturated heterocycles. The van der Waals surface area contributed by atoms with Gasteiger partial charge in [-0.25, -0.2) is 0 Å². The van der Waals surface area contributed by atoms with E-state index in [1.54, 1.807) is 4.90 Å². The number of hydrogen-bond donors (Lipinski definition) is 1. The van der Waals surface area contributed by atoms with Crippen LogP contribution >= 0.6 is 0 Å². The molecule has 4 nitrogen and oxygen atoms in total. The zero-order valence-electron chi connectivity index (χ0n) is 12.9. The van der Waals surface area contributed by atoms with E-state index in [1.165, 1.54) is 12.8 Å². The predicted molar refractivity (Wildman–Crippen MR) is 79.2 cm³/mol. The molecule has 2 atom stereocenters. The Morgan fingerprint density at radius 3 is 2.45 bits per heavy atom. The third-order valence-corrected chi connectivity index (χ3v) is 4.78. The van der Waals surface area contributed by atoms with Gasteiger partial charge in [0.15, 0.2) is 0 Å². The van der Waals surface area contributed by atoms with Crippen molar-refractivity contribution in [1.29, 1.82) is 0 Å². The molecule has 2 unspecified atom stereocenters. The Balaban J connectivity index is 1.93. The van der Waals surface area contributed by atoms with Crippen LogP contribution in [0, 0.1) is 5.92 Å². The molecular formula is C16H28N2O2. The van der Waals surface area contributed by atoms with Gasteiger partial charge in [0.05, 0.1) is 12.5 Å². The van der Waals surface area contributed by atoms with Gasteiger partial charge >= 0.3 is 0 Å². The quantitative estimate of drug-likeness (QED) is 0.622. The first-order valence-corrected chi connectivity index (χ1v) is 8.22. The third-order valence-electron chi connectivity index (χ3n) is 4.78. The van der Waals surface area contributed by atoms with Crippen LogP contribution in [0.25, 0.3) is 0 Å². The van der Waals surface area contributed by atoms with Crippen LogP contribution in [0.3, 0.4) is 0 Å². The number of carbonyl (C=O) groups excluding carboxylic acids is 2. The highest BCUT2D eigenvalue weighted by molar-refractivity contribution is 6.05. The van der Waals surface area contributed by atoms with Crippen LogP contribution in [0.5, 0.6) is 0 Å². The second kappa shape index (κ2) is 7.21. The lowest BCUT2D eigenvalue weighted by Gasteiger charge is -2.25. The fourth-order valence-corrected chi connectivity index (χ4v) is 3.20. The van der Waals surface area contributed by atoms with E-state index in [2.05, 4.69) is 19.2 Å². The molecule has 0 bridgehead atoms. The van der Waals surface area contributed by atoms with Gasteiger partial charge in [0.2, 0.25) is 11.8 Å². The normalized spacial score (nSPS) is 26.9. The number of nitrogens with zero attached hydrogens (tertiary/aromatic N) is 1. The highest BCUT2D eigenvalue weighted by Crippen LogP contribution is 2.26. The van der Waals surface area contributed by atoms with E-state index in [-0.39, 0.29) is 23.9 Å². The highest BCUT2D eigenvalue weighted by atomic mass is 16.2. The number of rotatable bonds is 5. The minimum atomic E-state index is -0.278. The monoisotopic (exact) mass is 280 g/mol. The average molecular weight is 280 g/mol. The predicted octanol–water partition coefficient (Wildman–Crippen LogP) is 2.47. The topological polar surface area (TPSA) is 49.4 Å². The first-order chi connectivity index (χ1) is 9.63. The summed E-state index contributed by atoms with van der Waals surface area (Å²) in [6.45, 7) is 5.13. The average Bonchev–Trinajstić information content (AvgIpc) is 2.64. The summed E-state index contributed by atoms with van der Waals surface area (Å²) in [6, 6.07) is -0.118. The highest BCUT2D eigenvalue weighted by Gasteiger charge is 2.41. The smallest absolute Gasteiger partial charge is 0.247 e. The zero-order chi connectivity index (χ0) is 14.5. The third kappa shape index (κ3) is 3.60. The molecule has 0 radical (unpaired) electrons. The van der Waals surface area contributed by atoms with E-state index in [1.807, 2.05) is 0 Å². The minimum Gasteiger partial charge on any atom is -0.305 e. The van der Waals surface area contributed by atoms with Gasteiger partial charge in [-0.2, -0.15) is 0 Å². The summed E-state index contributed by atoms with van der Waals surface area (Å²) in [5.74, 6) is 0.596. The SMILES string of the molecule is CCC(C)CNC1CC(=O)N(C2CCCCCC2)C1=O. The number of hydrogen-bond acceptors (Lipinski definition) is 3. The van der Waals surface area contributed by atoms with Gasteiger partial charge in [-0.05, 0) is 25.3 Å². The van der Waals surface area contributed by atoms with Crippen LogP contribution in [0.4, 0.5) is 0 Å². The Morgan fingerprint density at radius 2 is 1.85 bits per heavy atom. The molecule has 2 rings (SSSR count). The molecule has 1 aliphatic carbocycles. The standard InChI is InChI=1S/C16H28N2O2/c1-3-12(2)11-17-14-10-15(19)18(16(14)20)13-8-6-4-5-7-9-13/h12-14,17H,3-11H2,1-2H3. The molecule has 2 fully saturated rings. The summed E-state index contributed by atoms with van der Waals surface area (Å²) < 4.78 is 0. The molecule has 1 aliphatic heterocycles. The van der Waals surface area contributed by atoms with Crippen molar-refractivity contribution in [2.24, 2.45) is 5.92 Å². The van der Waals surface area contributed by atoms with Crippen molar-refractivity contribution < 1.29 is 9.59 Å². The van der Waals surface area contributed by atoms with Crippen molar-refractivity contribution in [3.8, 4) is 0 Å². The molecule has 0 aromatic heterocycles. The number of amides is 2. The first kappa shape index (κ1) is 15.5. The fraction of sp³-hybridized carbons (Fsp3) is 0.875. The van der Waals surface area contributed by atoms with Gasteiger partial charge in [0, 0.05) is 6.04 Å². The van der Waals surface area contributed by atoms with Crippen LogP contribution in [0.15, 0.2) is 0 Å². The molecule has 1 saturated carbocycles. The van der Waals surface area contributed by atoms with Crippen LogP contribution < -0.4 is 5.32 Å². The van der Waals surface area contributed by atoms with Gasteiger partial charge in [-0.15, -0.1) is 0 Å². The number of carbonyl (C=O) groups is 2. The Hall–Kier alpha value is -0.900. The summed E-state index contributed by atoms with van der Waals surface area (Å²) in [5, 5.41) is 3.29. The van der Waals surface area contributed by atoms with E-state index in [0.717, 1.165) is 38.6 Å². The van der Waals surface area contributed by atoms with Crippen molar-refractivity contribution in [2.45, 2.75) is 77.3 Å². The number of imide groups is 1. The van der Waals surface area contributed by atoms with Crippen LogP contribution in [-0.4, -0.2) is 35.3 Å². The van der Waals surface area contributed by atoms with Crippen molar-refractivity contribution in [1.82, 2.24) is 10.2 Å². The summed E-state index contributed by atoms with van der Waals surface area (Å²) >= 11 is 0. The molecule has 0 aromatic rings. The maximum atomic E-state index is 12.5. The first-order valence-electron chi connectivity index (χ1n) is 8.22. The second-order valence-corrected chi connectivity index (χ2v) is 6.43. The Morgan fingerprint density at radius 1 is 1.20 bits per heavy atom.